The van der Waals surface area contributed by atoms with E-state index in [-0.39, 0.29) is 11.7 Å². The number of hydrazine groups is 1. The molecule has 1 amide bonds. The molecular weight excluding hydrogens is 159 g/mol. The van der Waals surface area contributed by atoms with Crippen LogP contribution in [-0.2, 0) is 0 Å². The van der Waals surface area contributed by atoms with Crippen LogP contribution in [0.2, 0.25) is 0 Å². The molecule has 0 aromatic heterocycles. The molecule has 0 unspecified atom stereocenters. The van der Waals surface area contributed by atoms with Crippen molar-refractivity contribution in [3.05, 3.63) is 35.6 Å². The second-order valence-electron chi connectivity index (χ2n) is 2.42. The zero-order valence-electron chi connectivity index (χ0n) is 6.62. The van der Waals surface area contributed by atoms with E-state index in [1.807, 2.05) is 0 Å². The summed E-state index contributed by atoms with van der Waals surface area (Å²) >= 11 is 0. The summed E-state index contributed by atoms with van der Waals surface area (Å²) in [5.41, 5.74) is 0.376. The summed E-state index contributed by atoms with van der Waals surface area (Å²) in [6, 6.07) is 5.22. The number of rotatable bonds is 1. The maximum atomic E-state index is 12.4. The van der Waals surface area contributed by atoms with Gasteiger partial charge in [-0.2, -0.15) is 0 Å². The van der Waals surface area contributed by atoms with Gasteiger partial charge in [0.15, 0.2) is 0 Å². The maximum absolute atomic E-state index is 12.4. The van der Waals surface area contributed by atoms with Gasteiger partial charge in [-0.3, -0.25) is 9.80 Å². The van der Waals surface area contributed by atoms with Crippen LogP contribution in [0.4, 0.5) is 4.39 Å². The summed E-state index contributed by atoms with van der Waals surface area (Å²) in [4.78, 5) is 11.1. The van der Waals surface area contributed by atoms with Crippen LogP contribution in [0.3, 0.4) is 0 Å². The van der Waals surface area contributed by atoms with E-state index in [0.29, 0.717) is 5.56 Å². The Morgan fingerprint density at radius 1 is 1.42 bits per heavy atom. The number of nitrogens with zero attached hydrogens (tertiary/aromatic N) is 1. The lowest BCUT2D eigenvalue weighted by atomic mass is 10.2. The molecule has 0 saturated heterocycles. The van der Waals surface area contributed by atoms with Crippen molar-refractivity contribution in [1.29, 1.82) is 0 Å². The molecule has 12 heavy (non-hydrogen) atoms. The number of halogens is 1. The van der Waals surface area contributed by atoms with Gasteiger partial charge in [-0.05, 0) is 24.3 Å². The SMILES string of the molecule is CN(N)C(=O)c1ccc(F)cc1. The van der Waals surface area contributed by atoms with E-state index in [1.165, 1.54) is 31.3 Å². The summed E-state index contributed by atoms with van der Waals surface area (Å²) in [6.07, 6.45) is 0. The fourth-order valence-corrected chi connectivity index (χ4v) is 0.796. The summed E-state index contributed by atoms with van der Waals surface area (Å²) in [5.74, 6) is 4.49. The summed E-state index contributed by atoms with van der Waals surface area (Å²) in [5, 5.41) is 0.952. The zero-order valence-corrected chi connectivity index (χ0v) is 6.62. The smallest absolute Gasteiger partial charge is 0.267 e. The first-order valence-electron chi connectivity index (χ1n) is 3.39. The van der Waals surface area contributed by atoms with Gasteiger partial charge in [-0.25, -0.2) is 10.2 Å². The Labute approximate surface area is 69.6 Å². The third kappa shape index (κ3) is 1.79. The average molecular weight is 168 g/mol. The van der Waals surface area contributed by atoms with Crippen LogP contribution in [0.1, 0.15) is 10.4 Å². The second-order valence-corrected chi connectivity index (χ2v) is 2.42. The Kier molecular flexibility index (Phi) is 2.40. The normalized spacial score (nSPS) is 9.58. The fraction of sp³-hybridized carbons (Fsp3) is 0.125. The predicted molar refractivity (Wildman–Crippen MR) is 42.7 cm³/mol. The van der Waals surface area contributed by atoms with Gasteiger partial charge in [-0.1, -0.05) is 0 Å². The summed E-state index contributed by atoms with van der Waals surface area (Å²) in [6.45, 7) is 0. The first-order valence-corrected chi connectivity index (χ1v) is 3.39. The van der Waals surface area contributed by atoms with Gasteiger partial charge in [0.2, 0.25) is 0 Å². The van der Waals surface area contributed by atoms with Crippen molar-refractivity contribution in [2.24, 2.45) is 5.84 Å². The summed E-state index contributed by atoms with van der Waals surface area (Å²) in [7, 11) is 1.44. The van der Waals surface area contributed by atoms with E-state index in [0.717, 1.165) is 5.01 Å². The van der Waals surface area contributed by atoms with E-state index >= 15 is 0 Å². The molecule has 4 heteroatoms. The molecule has 1 aromatic rings. The van der Waals surface area contributed by atoms with Crippen LogP contribution in [0.5, 0.6) is 0 Å². The largest absolute Gasteiger partial charge is 0.280 e. The lowest BCUT2D eigenvalue weighted by Gasteiger charge is -2.08. The third-order valence-electron chi connectivity index (χ3n) is 1.41. The van der Waals surface area contributed by atoms with Crippen LogP contribution in [0.15, 0.2) is 24.3 Å². The van der Waals surface area contributed by atoms with Crippen LogP contribution >= 0.6 is 0 Å². The van der Waals surface area contributed by atoms with Gasteiger partial charge in [0, 0.05) is 12.6 Å². The highest BCUT2D eigenvalue weighted by Gasteiger charge is 2.06. The molecule has 0 saturated carbocycles. The molecule has 0 aliphatic carbocycles. The lowest BCUT2D eigenvalue weighted by molar-refractivity contribution is 0.0795. The number of benzene rings is 1. The van der Waals surface area contributed by atoms with Crippen molar-refractivity contribution in [2.75, 3.05) is 7.05 Å². The van der Waals surface area contributed by atoms with Gasteiger partial charge in [-0.15, -0.1) is 0 Å². The van der Waals surface area contributed by atoms with Crippen LogP contribution < -0.4 is 5.84 Å². The number of nitrogens with two attached hydrogens (primary N) is 1. The predicted octanol–water partition coefficient (Wildman–Crippen LogP) is 0.771. The van der Waals surface area contributed by atoms with Crippen molar-refractivity contribution in [3.8, 4) is 0 Å². The Bertz CT molecular complexity index is 282. The van der Waals surface area contributed by atoms with Gasteiger partial charge < -0.3 is 0 Å². The molecule has 3 nitrogen and oxygen atoms in total. The molecule has 1 rings (SSSR count). The zero-order chi connectivity index (χ0) is 9.14. The first kappa shape index (κ1) is 8.67. The molecule has 64 valence electrons. The van der Waals surface area contributed by atoms with Gasteiger partial charge in [0.05, 0.1) is 0 Å². The Morgan fingerprint density at radius 3 is 2.33 bits per heavy atom. The molecule has 0 atom stereocenters. The topological polar surface area (TPSA) is 46.3 Å². The molecule has 0 spiro atoms. The molecular formula is C8H9FN2O. The van der Waals surface area contributed by atoms with Gasteiger partial charge >= 0.3 is 0 Å². The number of carbonyl (C=O) groups excluding carboxylic acids is 1. The van der Waals surface area contributed by atoms with Crippen molar-refractivity contribution < 1.29 is 9.18 Å². The molecule has 0 aliphatic rings. The minimum atomic E-state index is -0.369. The Hall–Kier alpha value is -1.42. The van der Waals surface area contributed by atoms with Crippen LogP contribution in [0.25, 0.3) is 0 Å². The molecule has 0 heterocycles. The molecule has 1 aromatic carbocycles. The summed E-state index contributed by atoms with van der Waals surface area (Å²) < 4.78 is 12.4. The molecule has 0 aliphatic heterocycles. The Morgan fingerprint density at radius 2 is 1.92 bits per heavy atom. The first-order chi connectivity index (χ1) is 5.61. The monoisotopic (exact) mass is 168 g/mol. The standard InChI is InChI=1S/C8H9FN2O/c1-11(10)8(12)6-2-4-7(9)5-3-6/h2-5H,10H2,1H3. The third-order valence-corrected chi connectivity index (χ3v) is 1.41. The fourth-order valence-electron chi connectivity index (χ4n) is 0.796. The molecule has 0 fully saturated rings. The van der Waals surface area contributed by atoms with Crippen LogP contribution in [-0.4, -0.2) is 18.0 Å². The van der Waals surface area contributed by atoms with Crippen molar-refractivity contribution >= 4 is 5.91 Å². The average Bonchev–Trinajstić information content (AvgIpc) is 2.04. The molecule has 2 N–H and O–H groups in total. The van der Waals surface area contributed by atoms with E-state index in [2.05, 4.69) is 0 Å². The Balaban J connectivity index is 2.90. The quantitative estimate of drug-likeness (QED) is 0.382. The van der Waals surface area contributed by atoms with E-state index in [4.69, 9.17) is 5.84 Å². The number of carbonyl (C=O) groups is 1. The highest BCUT2D eigenvalue weighted by Crippen LogP contribution is 2.03. The van der Waals surface area contributed by atoms with Crippen molar-refractivity contribution in [1.82, 2.24) is 5.01 Å². The van der Waals surface area contributed by atoms with Crippen molar-refractivity contribution in [2.45, 2.75) is 0 Å². The number of hydrogen-bond acceptors (Lipinski definition) is 2. The van der Waals surface area contributed by atoms with Gasteiger partial charge in [0.25, 0.3) is 5.91 Å². The van der Waals surface area contributed by atoms with Gasteiger partial charge in [0.1, 0.15) is 5.82 Å². The molecule has 0 radical (unpaired) electrons. The molecule has 0 bridgehead atoms. The van der Waals surface area contributed by atoms with E-state index in [9.17, 15) is 9.18 Å². The number of hydrogen-bond donors (Lipinski definition) is 1. The van der Waals surface area contributed by atoms with E-state index in [1.54, 1.807) is 0 Å². The highest BCUT2D eigenvalue weighted by atomic mass is 19.1. The van der Waals surface area contributed by atoms with Crippen molar-refractivity contribution in [3.63, 3.8) is 0 Å². The highest BCUT2D eigenvalue weighted by molar-refractivity contribution is 5.93. The minimum Gasteiger partial charge on any atom is -0.280 e. The van der Waals surface area contributed by atoms with E-state index < -0.39 is 0 Å². The second kappa shape index (κ2) is 3.32. The lowest BCUT2D eigenvalue weighted by Crippen LogP contribution is -2.32. The number of amides is 1. The maximum Gasteiger partial charge on any atom is 0.267 e. The minimum absolute atomic E-state index is 0.338. The van der Waals surface area contributed by atoms with Crippen LogP contribution in [0, 0.1) is 5.82 Å².